The van der Waals surface area contributed by atoms with Gasteiger partial charge in [-0.1, -0.05) is 40.2 Å². The fraction of sp³-hybridized carbons (Fsp3) is 0.647. The fourth-order valence-corrected chi connectivity index (χ4v) is 3.34. The van der Waals surface area contributed by atoms with Crippen LogP contribution in [0.5, 0.6) is 0 Å². The molecule has 0 aromatic heterocycles. The highest BCUT2D eigenvalue weighted by Gasteiger charge is 2.36. The van der Waals surface area contributed by atoms with Crippen molar-refractivity contribution in [1.29, 1.82) is 0 Å². The summed E-state index contributed by atoms with van der Waals surface area (Å²) in [6, 6.07) is 4.36. The van der Waals surface area contributed by atoms with E-state index in [-0.39, 0.29) is 5.41 Å². The number of halogens is 2. The summed E-state index contributed by atoms with van der Waals surface area (Å²) < 4.78 is 26.5. The minimum absolute atomic E-state index is 0.0943. The Hall–Kier alpha value is -0.920. The number of rotatable bonds is 2. The lowest BCUT2D eigenvalue weighted by Gasteiger charge is -2.42. The van der Waals surface area contributed by atoms with Crippen molar-refractivity contribution in [2.45, 2.75) is 52.4 Å². The molecule has 1 aromatic rings. The van der Waals surface area contributed by atoms with E-state index in [1.165, 1.54) is 31.4 Å². The van der Waals surface area contributed by atoms with Crippen molar-refractivity contribution in [3.05, 3.63) is 35.4 Å². The van der Waals surface area contributed by atoms with Crippen molar-refractivity contribution in [2.24, 2.45) is 17.8 Å². The predicted octanol–water partition coefficient (Wildman–Crippen LogP) is 5.31. The molecule has 0 spiro atoms. The van der Waals surface area contributed by atoms with Gasteiger partial charge in [0.2, 0.25) is 0 Å². The van der Waals surface area contributed by atoms with Gasteiger partial charge in [0.15, 0.2) is 11.6 Å². The van der Waals surface area contributed by atoms with Crippen molar-refractivity contribution < 1.29 is 8.78 Å². The molecule has 0 heterocycles. The minimum atomic E-state index is -0.759. The number of hydrogen-bond acceptors (Lipinski definition) is 0. The van der Waals surface area contributed by atoms with Crippen LogP contribution < -0.4 is 0 Å². The zero-order valence-corrected chi connectivity index (χ0v) is 12.3. The fourth-order valence-electron chi connectivity index (χ4n) is 3.34. The first kappa shape index (κ1) is 14.5. The van der Waals surface area contributed by atoms with E-state index in [0.717, 1.165) is 11.5 Å². The van der Waals surface area contributed by atoms with Crippen molar-refractivity contribution >= 4 is 0 Å². The number of benzene rings is 1. The van der Waals surface area contributed by atoms with Gasteiger partial charge in [0, 0.05) is 0 Å². The molecule has 0 bridgehead atoms. The Morgan fingerprint density at radius 2 is 1.68 bits per heavy atom. The van der Waals surface area contributed by atoms with Gasteiger partial charge in [-0.3, -0.25) is 0 Å². The van der Waals surface area contributed by atoms with E-state index >= 15 is 0 Å². The molecule has 0 amide bonds. The highest BCUT2D eigenvalue weighted by molar-refractivity contribution is 5.26. The van der Waals surface area contributed by atoms with Crippen LogP contribution in [0, 0.1) is 29.4 Å². The third-order valence-electron chi connectivity index (χ3n) is 5.28. The average molecular weight is 266 g/mol. The van der Waals surface area contributed by atoms with Gasteiger partial charge in [0.1, 0.15) is 0 Å². The zero-order valence-electron chi connectivity index (χ0n) is 12.3. The van der Waals surface area contributed by atoms with Crippen LogP contribution in [0.25, 0.3) is 0 Å². The summed E-state index contributed by atoms with van der Waals surface area (Å²) in [7, 11) is 0. The molecule has 1 aromatic carbocycles. The van der Waals surface area contributed by atoms with Crippen LogP contribution in [0.3, 0.4) is 0 Å². The maximum Gasteiger partial charge on any atom is 0.159 e. The van der Waals surface area contributed by atoms with Gasteiger partial charge in [0.25, 0.3) is 0 Å². The third kappa shape index (κ3) is 2.82. The Bertz CT molecular complexity index is 451. The van der Waals surface area contributed by atoms with Crippen LogP contribution in [-0.2, 0) is 5.41 Å². The molecule has 106 valence electrons. The second-order valence-electron chi connectivity index (χ2n) is 6.82. The molecule has 1 aliphatic rings. The molecule has 19 heavy (non-hydrogen) atoms. The summed E-state index contributed by atoms with van der Waals surface area (Å²) in [5, 5.41) is 0. The highest BCUT2D eigenvalue weighted by Crippen LogP contribution is 2.44. The Morgan fingerprint density at radius 1 is 1.00 bits per heavy atom. The lowest BCUT2D eigenvalue weighted by Crippen LogP contribution is -2.34. The molecule has 0 saturated heterocycles. The largest absolute Gasteiger partial charge is 0.204 e. The minimum Gasteiger partial charge on any atom is -0.204 e. The lowest BCUT2D eigenvalue weighted by atomic mass is 9.63. The predicted molar refractivity (Wildman–Crippen MR) is 75.1 cm³/mol. The first-order valence-electron chi connectivity index (χ1n) is 7.28. The molecule has 2 heteroatoms. The van der Waals surface area contributed by atoms with Gasteiger partial charge in [-0.25, -0.2) is 8.78 Å². The van der Waals surface area contributed by atoms with E-state index in [1.807, 2.05) is 0 Å². The molecule has 1 saturated carbocycles. The smallest absolute Gasteiger partial charge is 0.159 e. The van der Waals surface area contributed by atoms with Crippen molar-refractivity contribution in [2.75, 3.05) is 0 Å². The maximum atomic E-state index is 13.4. The zero-order chi connectivity index (χ0) is 14.2. The van der Waals surface area contributed by atoms with Gasteiger partial charge in [-0.2, -0.15) is 0 Å². The molecule has 0 radical (unpaired) electrons. The summed E-state index contributed by atoms with van der Waals surface area (Å²) in [5.74, 6) is 0.539. The molecule has 3 unspecified atom stereocenters. The summed E-state index contributed by atoms with van der Waals surface area (Å²) >= 11 is 0. The standard InChI is InChI=1S/C17H24F2/c1-11-5-6-13(9-12(11)2)17(3,4)14-7-8-15(18)16(19)10-14/h7-8,10-13H,5-6,9H2,1-4H3. The molecule has 1 aliphatic carbocycles. The molecule has 1 fully saturated rings. The topological polar surface area (TPSA) is 0 Å². The molecular formula is C17H24F2. The quantitative estimate of drug-likeness (QED) is 0.680. The summed E-state index contributed by atoms with van der Waals surface area (Å²) in [6.07, 6.45) is 3.59. The summed E-state index contributed by atoms with van der Waals surface area (Å²) in [6.45, 7) is 8.93. The first-order chi connectivity index (χ1) is 8.82. The van der Waals surface area contributed by atoms with Crippen LogP contribution in [0.15, 0.2) is 18.2 Å². The Morgan fingerprint density at radius 3 is 2.26 bits per heavy atom. The van der Waals surface area contributed by atoms with Crippen LogP contribution in [0.1, 0.15) is 52.5 Å². The first-order valence-corrected chi connectivity index (χ1v) is 7.28. The van der Waals surface area contributed by atoms with Crippen molar-refractivity contribution in [3.63, 3.8) is 0 Å². The van der Waals surface area contributed by atoms with Gasteiger partial charge in [-0.15, -0.1) is 0 Å². The summed E-state index contributed by atoms with van der Waals surface area (Å²) in [5.41, 5.74) is 0.821. The third-order valence-corrected chi connectivity index (χ3v) is 5.28. The van der Waals surface area contributed by atoms with E-state index in [9.17, 15) is 8.78 Å². The molecule has 0 aliphatic heterocycles. The van der Waals surface area contributed by atoms with E-state index in [4.69, 9.17) is 0 Å². The SMILES string of the molecule is CC1CCC(C(C)(C)c2ccc(F)c(F)c2)CC1C. The normalized spacial score (nSPS) is 28.4. The van der Waals surface area contributed by atoms with Crippen LogP contribution in [0.2, 0.25) is 0 Å². The van der Waals surface area contributed by atoms with Crippen LogP contribution >= 0.6 is 0 Å². The molecule has 0 nitrogen and oxygen atoms in total. The van der Waals surface area contributed by atoms with Crippen LogP contribution in [-0.4, -0.2) is 0 Å². The monoisotopic (exact) mass is 266 g/mol. The van der Waals surface area contributed by atoms with Crippen molar-refractivity contribution in [1.82, 2.24) is 0 Å². The number of hydrogen-bond donors (Lipinski definition) is 0. The van der Waals surface area contributed by atoms with Crippen molar-refractivity contribution in [3.8, 4) is 0 Å². The van der Waals surface area contributed by atoms with E-state index < -0.39 is 11.6 Å². The Balaban J connectivity index is 2.23. The van der Waals surface area contributed by atoms with Gasteiger partial charge in [0.05, 0.1) is 0 Å². The van der Waals surface area contributed by atoms with Gasteiger partial charge >= 0.3 is 0 Å². The second kappa shape index (κ2) is 5.22. The van der Waals surface area contributed by atoms with E-state index in [2.05, 4.69) is 27.7 Å². The Kier molecular flexibility index (Phi) is 3.98. The van der Waals surface area contributed by atoms with Crippen LogP contribution in [0.4, 0.5) is 8.78 Å². The van der Waals surface area contributed by atoms with E-state index in [0.29, 0.717) is 11.8 Å². The highest BCUT2D eigenvalue weighted by atomic mass is 19.2. The molecule has 0 N–H and O–H groups in total. The lowest BCUT2D eigenvalue weighted by molar-refractivity contribution is 0.148. The van der Waals surface area contributed by atoms with Gasteiger partial charge in [-0.05, 0) is 53.7 Å². The average Bonchev–Trinajstić information content (AvgIpc) is 2.35. The second-order valence-corrected chi connectivity index (χ2v) is 6.82. The molecule has 3 atom stereocenters. The Labute approximate surface area is 115 Å². The maximum absolute atomic E-state index is 13.4. The van der Waals surface area contributed by atoms with E-state index in [1.54, 1.807) is 6.07 Å². The van der Waals surface area contributed by atoms with Gasteiger partial charge < -0.3 is 0 Å². The molecular weight excluding hydrogens is 242 g/mol. The molecule has 2 rings (SSSR count). The summed E-state index contributed by atoms with van der Waals surface area (Å²) in [4.78, 5) is 0.